The molecule has 0 radical (unpaired) electrons. The maximum absolute atomic E-state index is 15.1. The first-order chi connectivity index (χ1) is 18.1. The van der Waals surface area contributed by atoms with Crippen LogP contribution in [0, 0.1) is 17.6 Å². The Bertz CT molecular complexity index is 1500. The van der Waals surface area contributed by atoms with Gasteiger partial charge in [0.2, 0.25) is 0 Å². The summed E-state index contributed by atoms with van der Waals surface area (Å²) in [4.78, 5) is 10.7. The lowest BCUT2D eigenvalue weighted by Crippen LogP contribution is -2.40. The van der Waals surface area contributed by atoms with Gasteiger partial charge in [-0.05, 0) is 30.9 Å². The smallest absolute Gasteiger partial charge is 0.197 e. The zero-order valence-corrected chi connectivity index (χ0v) is 19.8. The van der Waals surface area contributed by atoms with Gasteiger partial charge < -0.3 is 9.42 Å². The third-order valence-electron chi connectivity index (χ3n) is 6.54. The number of benzene rings is 1. The van der Waals surface area contributed by atoms with Crippen LogP contribution in [0.3, 0.4) is 0 Å². The quantitative estimate of drug-likeness (QED) is 0.367. The minimum atomic E-state index is -0.561. The molecule has 13 heteroatoms. The molecule has 0 aliphatic carbocycles. The first kappa shape index (κ1) is 22.9. The summed E-state index contributed by atoms with van der Waals surface area (Å²) in [7, 11) is 0. The van der Waals surface area contributed by atoms with Crippen molar-refractivity contribution in [1.29, 1.82) is 0 Å². The van der Waals surface area contributed by atoms with Gasteiger partial charge in [0.15, 0.2) is 23.3 Å². The zero-order valence-electron chi connectivity index (χ0n) is 19.8. The molecule has 1 aromatic carbocycles. The highest BCUT2D eigenvalue weighted by Gasteiger charge is 2.35. The van der Waals surface area contributed by atoms with Crippen molar-refractivity contribution in [1.82, 2.24) is 45.5 Å². The van der Waals surface area contributed by atoms with Crippen LogP contribution in [0.5, 0.6) is 0 Å². The number of piperidine rings is 1. The number of H-pyrrole nitrogens is 1. The zero-order chi connectivity index (χ0) is 25.4. The molecular formula is C24H22F2N10O. The third kappa shape index (κ3) is 4.32. The molecule has 1 saturated heterocycles. The van der Waals surface area contributed by atoms with Crippen LogP contribution in [-0.4, -0.2) is 52.1 Å². The SMILES string of the molecule is CC1CCCN(c2nc(-c3cc(-c4ccon4)n(Cc4ccccc4F)n3)ncc2F)C1c1nn[nH]n1. The molecular weight excluding hydrogens is 482 g/mol. The standard InChI is InChI=1S/C24H22F2N10O/c1-14-5-4-9-35(21(14)23-29-33-34-30-23)24-17(26)12-27-22(28-24)19-11-20(18-8-10-37-32-18)36(31-19)13-15-6-2-3-7-16(15)25/h2-3,6-8,10-12,14,21H,4-5,9,13H2,1H3,(H,29,30,33,34). The summed E-state index contributed by atoms with van der Waals surface area (Å²) in [5, 5.41) is 23.1. The van der Waals surface area contributed by atoms with Gasteiger partial charge in [-0.1, -0.05) is 35.5 Å². The van der Waals surface area contributed by atoms with Crippen molar-refractivity contribution in [3.63, 3.8) is 0 Å². The molecule has 5 heterocycles. The fourth-order valence-electron chi connectivity index (χ4n) is 4.78. The highest BCUT2D eigenvalue weighted by atomic mass is 19.1. The Balaban J connectivity index is 1.41. The average Bonchev–Trinajstić information content (AvgIpc) is 3.68. The monoisotopic (exact) mass is 504 g/mol. The van der Waals surface area contributed by atoms with Crippen molar-refractivity contribution < 1.29 is 13.3 Å². The summed E-state index contributed by atoms with van der Waals surface area (Å²) < 4.78 is 36.1. The fraction of sp³-hybridized carbons (Fsp3) is 0.292. The Labute approximate surface area is 209 Å². The van der Waals surface area contributed by atoms with Crippen LogP contribution < -0.4 is 4.90 Å². The first-order valence-corrected chi connectivity index (χ1v) is 11.8. The minimum Gasteiger partial charge on any atom is -0.364 e. The second-order valence-corrected chi connectivity index (χ2v) is 8.94. The lowest BCUT2D eigenvalue weighted by molar-refractivity contribution is 0.335. The molecule has 0 amide bonds. The molecule has 188 valence electrons. The number of aromatic nitrogens is 9. The predicted molar refractivity (Wildman–Crippen MR) is 127 cm³/mol. The van der Waals surface area contributed by atoms with Gasteiger partial charge in [-0.15, -0.1) is 10.2 Å². The molecule has 1 fully saturated rings. The lowest BCUT2D eigenvalue weighted by Gasteiger charge is -2.39. The predicted octanol–water partition coefficient (Wildman–Crippen LogP) is 3.81. The van der Waals surface area contributed by atoms with Gasteiger partial charge in [-0.25, -0.2) is 18.7 Å². The van der Waals surface area contributed by atoms with Crippen LogP contribution in [-0.2, 0) is 6.54 Å². The van der Waals surface area contributed by atoms with E-state index in [0.717, 1.165) is 19.0 Å². The number of nitrogens with zero attached hydrogens (tertiary/aromatic N) is 9. The molecule has 37 heavy (non-hydrogen) atoms. The largest absolute Gasteiger partial charge is 0.364 e. The number of hydrogen-bond donors (Lipinski definition) is 1. The van der Waals surface area contributed by atoms with E-state index in [0.29, 0.717) is 35.0 Å². The summed E-state index contributed by atoms with van der Waals surface area (Å²) in [6.07, 6.45) is 4.38. The van der Waals surface area contributed by atoms with Crippen molar-refractivity contribution in [3.8, 4) is 22.9 Å². The van der Waals surface area contributed by atoms with Gasteiger partial charge in [-0.3, -0.25) is 4.68 Å². The molecule has 1 aliphatic heterocycles. The number of anilines is 1. The summed E-state index contributed by atoms with van der Waals surface area (Å²) >= 11 is 0. The van der Waals surface area contributed by atoms with E-state index < -0.39 is 5.82 Å². The van der Waals surface area contributed by atoms with Gasteiger partial charge in [0.05, 0.1) is 24.5 Å². The molecule has 11 nitrogen and oxygen atoms in total. The molecule has 2 atom stereocenters. The Morgan fingerprint density at radius 2 is 2.03 bits per heavy atom. The maximum Gasteiger partial charge on any atom is 0.197 e. The molecule has 0 bridgehead atoms. The Morgan fingerprint density at radius 1 is 1.14 bits per heavy atom. The summed E-state index contributed by atoms with van der Waals surface area (Å²) in [5.74, 6) is 0.0835. The number of halogens is 2. The van der Waals surface area contributed by atoms with Crippen LogP contribution in [0.15, 0.2) is 53.4 Å². The van der Waals surface area contributed by atoms with E-state index in [-0.39, 0.29) is 36.0 Å². The molecule has 6 rings (SSSR count). The summed E-state index contributed by atoms with van der Waals surface area (Å²) in [6, 6.07) is 9.58. The first-order valence-electron chi connectivity index (χ1n) is 11.8. The van der Waals surface area contributed by atoms with Crippen molar-refractivity contribution in [2.45, 2.75) is 32.4 Å². The molecule has 2 unspecified atom stereocenters. The number of tetrazole rings is 1. The fourth-order valence-corrected chi connectivity index (χ4v) is 4.78. The average molecular weight is 505 g/mol. The van der Waals surface area contributed by atoms with Crippen LogP contribution in [0.1, 0.15) is 37.2 Å². The van der Waals surface area contributed by atoms with Gasteiger partial charge in [0.25, 0.3) is 0 Å². The molecule has 4 aromatic heterocycles. The highest BCUT2D eigenvalue weighted by molar-refractivity contribution is 5.63. The van der Waals surface area contributed by atoms with Crippen molar-refractivity contribution in [2.24, 2.45) is 5.92 Å². The van der Waals surface area contributed by atoms with E-state index in [4.69, 9.17) is 4.52 Å². The minimum absolute atomic E-state index is 0.137. The molecule has 1 aliphatic rings. The highest BCUT2D eigenvalue weighted by Crippen LogP contribution is 2.38. The number of aromatic amines is 1. The molecule has 0 saturated carbocycles. The Kier molecular flexibility index (Phi) is 5.87. The van der Waals surface area contributed by atoms with Gasteiger partial charge >= 0.3 is 0 Å². The van der Waals surface area contributed by atoms with Gasteiger partial charge in [0, 0.05) is 18.2 Å². The van der Waals surface area contributed by atoms with Crippen molar-refractivity contribution in [2.75, 3.05) is 11.4 Å². The van der Waals surface area contributed by atoms with E-state index >= 15 is 4.39 Å². The molecule has 1 N–H and O–H groups in total. The Morgan fingerprint density at radius 3 is 2.81 bits per heavy atom. The van der Waals surface area contributed by atoms with E-state index in [1.165, 1.54) is 12.3 Å². The summed E-state index contributed by atoms with van der Waals surface area (Å²) in [5.41, 5.74) is 1.93. The number of nitrogens with one attached hydrogen (secondary N) is 1. The Hall–Kier alpha value is -4.55. The van der Waals surface area contributed by atoms with Gasteiger partial charge in [-0.2, -0.15) is 10.3 Å². The molecule has 0 spiro atoms. The number of hydrogen-bond acceptors (Lipinski definition) is 9. The van der Waals surface area contributed by atoms with E-state index in [1.807, 2.05) is 4.90 Å². The van der Waals surface area contributed by atoms with E-state index in [9.17, 15) is 4.39 Å². The van der Waals surface area contributed by atoms with E-state index in [1.54, 1.807) is 35.0 Å². The van der Waals surface area contributed by atoms with E-state index in [2.05, 4.69) is 47.8 Å². The van der Waals surface area contributed by atoms with Crippen molar-refractivity contribution in [3.05, 3.63) is 71.9 Å². The van der Waals surface area contributed by atoms with Crippen LogP contribution >= 0.6 is 0 Å². The lowest BCUT2D eigenvalue weighted by atomic mass is 9.90. The number of rotatable bonds is 6. The van der Waals surface area contributed by atoms with Crippen LogP contribution in [0.2, 0.25) is 0 Å². The maximum atomic E-state index is 15.1. The third-order valence-corrected chi connectivity index (χ3v) is 6.54. The second-order valence-electron chi connectivity index (χ2n) is 8.94. The topological polar surface area (TPSA) is 127 Å². The second kappa shape index (κ2) is 9.48. The van der Waals surface area contributed by atoms with Crippen LogP contribution in [0.25, 0.3) is 22.9 Å². The van der Waals surface area contributed by atoms with Gasteiger partial charge in [0.1, 0.15) is 23.5 Å². The van der Waals surface area contributed by atoms with Crippen molar-refractivity contribution >= 4 is 5.82 Å². The normalized spacial score (nSPS) is 17.9. The molecule has 5 aromatic rings. The van der Waals surface area contributed by atoms with Crippen LogP contribution in [0.4, 0.5) is 14.6 Å². The summed E-state index contributed by atoms with van der Waals surface area (Å²) in [6.45, 7) is 2.79.